The number of amides is 2. The van der Waals surface area contributed by atoms with Gasteiger partial charge < -0.3 is 19.7 Å². The van der Waals surface area contributed by atoms with Crippen LogP contribution in [0.3, 0.4) is 0 Å². The third-order valence-corrected chi connectivity index (χ3v) is 4.28. The van der Waals surface area contributed by atoms with Gasteiger partial charge in [0, 0.05) is 37.6 Å². The maximum absolute atomic E-state index is 12.1. The zero-order chi connectivity index (χ0) is 17.1. The number of carbonyl (C=O) groups excluding carboxylic acids is 1. The number of fused-ring (bicyclic) bond motifs is 1. The third kappa shape index (κ3) is 3.44. The van der Waals surface area contributed by atoms with E-state index in [0.29, 0.717) is 46.0 Å². The molecule has 1 saturated heterocycles. The second-order valence-corrected chi connectivity index (χ2v) is 5.91. The zero-order valence-electron chi connectivity index (χ0n) is 13.7. The Morgan fingerprint density at radius 1 is 1.28 bits per heavy atom. The van der Waals surface area contributed by atoms with Crippen LogP contribution >= 0.6 is 0 Å². The van der Waals surface area contributed by atoms with E-state index in [9.17, 15) is 4.79 Å². The van der Waals surface area contributed by atoms with Crippen LogP contribution in [0.15, 0.2) is 18.7 Å². The summed E-state index contributed by atoms with van der Waals surface area (Å²) in [5.74, 6) is 0. The van der Waals surface area contributed by atoms with E-state index >= 15 is 0 Å². The van der Waals surface area contributed by atoms with Crippen LogP contribution in [0.1, 0.15) is 5.69 Å². The molecular formula is C15H19N7O3. The van der Waals surface area contributed by atoms with Crippen molar-refractivity contribution in [3.8, 4) is 11.3 Å². The number of aromatic nitrogens is 5. The van der Waals surface area contributed by atoms with Gasteiger partial charge in [0.2, 0.25) is 0 Å². The van der Waals surface area contributed by atoms with Crippen LogP contribution in [0.25, 0.3) is 11.3 Å². The van der Waals surface area contributed by atoms with E-state index < -0.39 is 0 Å². The number of nitrogens with one attached hydrogen (secondary N) is 1. The number of ether oxygens (including phenoxy) is 2. The maximum Gasteiger partial charge on any atom is 0.317 e. The highest BCUT2D eigenvalue weighted by Gasteiger charge is 2.25. The zero-order valence-corrected chi connectivity index (χ0v) is 13.7. The minimum Gasteiger partial charge on any atom is -0.378 e. The van der Waals surface area contributed by atoms with Crippen molar-refractivity contribution in [2.75, 3.05) is 32.8 Å². The molecule has 1 fully saturated rings. The van der Waals surface area contributed by atoms with Gasteiger partial charge >= 0.3 is 6.03 Å². The average molecular weight is 345 g/mol. The Labute approximate surface area is 144 Å². The molecule has 25 heavy (non-hydrogen) atoms. The molecule has 0 radical (unpaired) electrons. The third-order valence-electron chi connectivity index (χ3n) is 4.28. The summed E-state index contributed by atoms with van der Waals surface area (Å²) < 4.78 is 12.9. The SMILES string of the molecule is O=C(NC[C@@H]1Cn2nnc(-c3cncnc3)c2CO1)N1CCOCC1. The minimum atomic E-state index is -0.140. The molecule has 10 heteroatoms. The molecule has 2 aromatic heterocycles. The summed E-state index contributed by atoms with van der Waals surface area (Å²) in [5.41, 5.74) is 2.44. The summed E-state index contributed by atoms with van der Waals surface area (Å²) >= 11 is 0. The summed E-state index contributed by atoms with van der Waals surface area (Å²) in [7, 11) is 0. The van der Waals surface area contributed by atoms with Crippen LogP contribution in [-0.2, 0) is 22.6 Å². The van der Waals surface area contributed by atoms with Crippen LogP contribution in [0, 0.1) is 0 Å². The van der Waals surface area contributed by atoms with Crippen LogP contribution < -0.4 is 5.32 Å². The lowest BCUT2D eigenvalue weighted by Gasteiger charge is -2.29. The summed E-state index contributed by atoms with van der Waals surface area (Å²) in [5, 5.41) is 11.3. The highest BCUT2D eigenvalue weighted by Crippen LogP contribution is 2.23. The number of carbonyl (C=O) groups is 1. The first-order valence-corrected chi connectivity index (χ1v) is 8.21. The standard InChI is InChI=1S/C15H19N7O3/c23-15(21-1-3-24-4-2-21)18-7-12-8-22-13(9-25-12)14(19-20-22)11-5-16-10-17-6-11/h5-6,10,12H,1-4,7-9H2,(H,18,23)/t12-/m1/s1. The quantitative estimate of drug-likeness (QED) is 0.812. The van der Waals surface area contributed by atoms with Gasteiger partial charge in [-0.1, -0.05) is 5.21 Å². The van der Waals surface area contributed by atoms with E-state index in [1.54, 1.807) is 17.3 Å². The van der Waals surface area contributed by atoms with Crippen molar-refractivity contribution in [1.82, 2.24) is 35.2 Å². The van der Waals surface area contributed by atoms with Crippen LogP contribution in [0.5, 0.6) is 0 Å². The predicted molar refractivity (Wildman–Crippen MR) is 85.4 cm³/mol. The molecule has 4 rings (SSSR count). The number of hydrogen-bond acceptors (Lipinski definition) is 7. The van der Waals surface area contributed by atoms with Crippen molar-refractivity contribution >= 4 is 6.03 Å². The summed E-state index contributed by atoms with van der Waals surface area (Å²) in [4.78, 5) is 21.9. The van der Waals surface area contributed by atoms with Gasteiger partial charge in [-0.3, -0.25) is 0 Å². The molecule has 2 aliphatic rings. The molecule has 0 saturated carbocycles. The smallest absolute Gasteiger partial charge is 0.317 e. The van der Waals surface area contributed by atoms with Crippen molar-refractivity contribution in [3.05, 3.63) is 24.4 Å². The monoisotopic (exact) mass is 345 g/mol. The Hall–Kier alpha value is -2.59. The van der Waals surface area contributed by atoms with Crippen molar-refractivity contribution in [3.63, 3.8) is 0 Å². The molecule has 2 amide bonds. The molecule has 2 aliphatic heterocycles. The van der Waals surface area contributed by atoms with Crippen LogP contribution in [0.4, 0.5) is 4.79 Å². The predicted octanol–water partition coefficient (Wildman–Crippen LogP) is -0.324. The van der Waals surface area contributed by atoms with E-state index in [-0.39, 0.29) is 12.1 Å². The Balaban J connectivity index is 1.36. The Bertz CT molecular complexity index is 730. The molecule has 1 atom stereocenters. The first-order valence-electron chi connectivity index (χ1n) is 8.21. The van der Waals surface area contributed by atoms with Gasteiger partial charge in [-0.15, -0.1) is 5.10 Å². The first kappa shape index (κ1) is 15.9. The van der Waals surface area contributed by atoms with Gasteiger partial charge in [-0.25, -0.2) is 19.4 Å². The van der Waals surface area contributed by atoms with E-state index in [2.05, 4.69) is 25.6 Å². The largest absolute Gasteiger partial charge is 0.378 e. The summed E-state index contributed by atoms with van der Waals surface area (Å²) in [6.45, 7) is 3.76. The summed E-state index contributed by atoms with van der Waals surface area (Å²) in [6.07, 6.45) is 4.74. The van der Waals surface area contributed by atoms with E-state index in [1.165, 1.54) is 6.33 Å². The van der Waals surface area contributed by atoms with Gasteiger partial charge in [0.05, 0.1) is 38.2 Å². The number of rotatable bonds is 3. The molecule has 132 valence electrons. The van der Waals surface area contributed by atoms with Gasteiger partial charge in [-0.2, -0.15) is 0 Å². The molecule has 0 aliphatic carbocycles. The number of urea groups is 1. The normalized spacial score (nSPS) is 20.2. The second kappa shape index (κ2) is 7.11. The van der Waals surface area contributed by atoms with Crippen molar-refractivity contribution in [2.45, 2.75) is 19.3 Å². The van der Waals surface area contributed by atoms with Crippen LogP contribution in [-0.4, -0.2) is 74.8 Å². The van der Waals surface area contributed by atoms with E-state index in [1.807, 2.05) is 4.68 Å². The van der Waals surface area contributed by atoms with Gasteiger partial charge in [-0.05, 0) is 0 Å². The van der Waals surface area contributed by atoms with Gasteiger partial charge in [0.1, 0.15) is 12.0 Å². The fraction of sp³-hybridized carbons (Fsp3) is 0.533. The lowest BCUT2D eigenvalue weighted by molar-refractivity contribution is 0.00111. The highest BCUT2D eigenvalue weighted by molar-refractivity contribution is 5.74. The molecule has 10 nitrogen and oxygen atoms in total. The lowest BCUT2D eigenvalue weighted by atomic mass is 10.2. The molecule has 2 aromatic rings. The van der Waals surface area contributed by atoms with Gasteiger partial charge in [0.25, 0.3) is 0 Å². The van der Waals surface area contributed by atoms with E-state index in [0.717, 1.165) is 17.0 Å². The second-order valence-electron chi connectivity index (χ2n) is 5.91. The summed E-state index contributed by atoms with van der Waals surface area (Å²) in [6, 6.07) is -0.0848. The number of morpholine rings is 1. The molecule has 0 unspecified atom stereocenters. The van der Waals surface area contributed by atoms with Crippen molar-refractivity contribution < 1.29 is 14.3 Å². The molecule has 0 bridgehead atoms. The highest BCUT2D eigenvalue weighted by atomic mass is 16.5. The molecule has 0 aromatic carbocycles. The molecular weight excluding hydrogens is 326 g/mol. The molecule has 0 spiro atoms. The first-order chi connectivity index (χ1) is 12.3. The van der Waals surface area contributed by atoms with Crippen molar-refractivity contribution in [1.29, 1.82) is 0 Å². The minimum absolute atomic E-state index is 0.0848. The average Bonchev–Trinajstić information content (AvgIpc) is 3.10. The molecule has 1 N–H and O–H groups in total. The lowest BCUT2D eigenvalue weighted by Crippen LogP contribution is -2.49. The van der Waals surface area contributed by atoms with Crippen LogP contribution in [0.2, 0.25) is 0 Å². The fourth-order valence-corrected chi connectivity index (χ4v) is 2.91. The Morgan fingerprint density at radius 3 is 2.88 bits per heavy atom. The van der Waals surface area contributed by atoms with Crippen molar-refractivity contribution in [2.24, 2.45) is 0 Å². The topological polar surface area (TPSA) is 107 Å². The van der Waals surface area contributed by atoms with Gasteiger partial charge in [0.15, 0.2) is 0 Å². The molecule has 4 heterocycles. The Kier molecular flexibility index (Phi) is 4.53. The maximum atomic E-state index is 12.1. The van der Waals surface area contributed by atoms with E-state index in [4.69, 9.17) is 9.47 Å². The Morgan fingerprint density at radius 2 is 2.08 bits per heavy atom. The number of nitrogens with zero attached hydrogens (tertiary/aromatic N) is 6. The fourth-order valence-electron chi connectivity index (χ4n) is 2.91. The number of hydrogen-bond donors (Lipinski definition) is 1.